The fourth-order valence-electron chi connectivity index (χ4n) is 2.16. The molecule has 1 aromatic carbocycles. The van der Waals surface area contributed by atoms with Gasteiger partial charge in [0.1, 0.15) is 16.9 Å². The van der Waals surface area contributed by atoms with Crippen molar-refractivity contribution in [3.8, 4) is 11.5 Å². The largest absolute Gasteiger partial charge is 0.495 e. The molecule has 0 aliphatic heterocycles. The van der Waals surface area contributed by atoms with Gasteiger partial charge in [0.2, 0.25) is 11.8 Å². The number of anilines is 1. The van der Waals surface area contributed by atoms with E-state index in [1.807, 2.05) is 19.0 Å². The molecule has 8 heteroatoms. The summed E-state index contributed by atoms with van der Waals surface area (Å²) in [7, 11) is 6.88. The van der Waals surface area contributed by atoms with Crippen molar-refractivity contribution in [2.45, 2.75) is 20.3 Å². The van der Waals surface area contributed by atoms with Crippen molar-refractivity contribution < 1.29 is 19.1 Å². The van der Waals surface area contributed by atoms with Crippen molar-refractivity contribution in [3.05, 3.63) is 17.2 Å². The minimum atomic E-state index is -1.25. The molecule has 0 unspecified atom stereocenters. The van der Waals surface area contributed by atoms with E-state index in [-0.39, 0.29) is 5.91 Å². The third-order valence-corrected chi connectivity index (χ3v) is 4.22. The maximum Gasteiger partial charge on any atom is 0.239 e. The van der Waals surface area contributed by atoms with Crippen molar-refractivity contribution in [1.29, 1.82) is 0 Å². The zero-order valence-corrected chi connectivity index (χ0v) is 17.0. The number of carbonyl (C=O) groups is 2. The first kappa shape index (κ1) is 22.1. The molecule has 0 saturated carbocycles. The highest BCUT2D eigenvalue weighted by molar-refractivity contribution is 6.32. The maximum absolute atomic E-state index is 12.7. The number of nitrogens with zero attached hydrogens (tertiary/aromatic N) is 1. The summed E-state index contributed by atoms with van der Waals surface area (Å²) in [5.41, 5.74) is -0.872. The zero-order valence-electron chi connectivity index (χ0n) is 16.2. The smallest absolute Gasteiger partial charge is 0.239 e. The van der Waals surface area contributed by atoms with E-state index in [9.17, 15) is 9.59 Å². The molecule has 0 aromatic heterocycles. The highest BCUT2D eigenvalue weighted by Crippen LogP contribution is 2.36. The lowest BCUT2D eigenvalue weighted by molar-refractivity contribution is -0.138. The predicted molar refractivity (Wildman–Crippen MR) is 103 cm³/mol. The summed E-state index contributed by atoms with van der Waals surface area (Å²) in [5.74, 6) is -0.0148. The van der Waals surface area contributed by atoms with Crippen LogP contribution < -0.4 is 20.1 Å². The number of halogens is 1. The van der Waals surface area contributed by atoms with Gasteiger partial charge in [0, 0.05) is 18.7 Å². The Morgan fingerprint density at radius 2 is 1.73 bits per heavy atom. The number of amides is 2. The Labute approximate surface area is 160 Å². The van der Waals surface area contributed by atoms with Gasteiger partial charge in [-0.2, -0.15) is 0 Å². The number of hydrogen-bond acceptors (Lipinski definition) is 5. The van der Waals surface area contributed by atoms with Crippen LogP contribution in [0.5, 0.6) is 11.5 Å². The standard InChI is InChI=1S/C18H28ClN3O4/c1-18(2,16(23)20-8-7-9-22(3)4)17(24)21-13-11-14(25-5)12(19)10-15(13)26-6/h10-11H,7-9H2,1-6H3,(H,20,23)(H,21,24). The molecule has 0 radical (unpaired) electrons. The van der Waals surface area contributed by atoms with Gasteiger partial charge in [0.15, 0.2) is 0 Å². The average molecular weight is 386 g/mol. The Balaban J connectivity index is 2.83. The lowest BCUT2D eigenvalue weighted by atomic mass is 9.91. The van der Waals surface area contributed by atoms with Crippen LogP contribution in [0.3, 0.4) is 0 Å². The van der Waals surface area contributed by atoms with E-state index >= 15 is 0 Å². The Morgan fingerprint density at radius 3 is 2.27 bits per heavy atom. The highest BCUT2D eigenvalue weighted by Gasteiger charge is 2.36. The van der Waals surface area contributed by atoms with Gasteiger partial charge in [0.05, 0.1) is 24.9 Å². The van der Waals surface area contributed by atoms with Crippen LogP contribution in [0.25, 0.3) is 0 Å². The fraction of sp³-hybridized carbons (Fsp3) is 0.556. The van der Waals surface area contributed by atoms with Crippen molar-refractivity contribution in [1.82, 2.24) is 10.2 Å². The van der Waals surface area contributed by atoms with Crippen LogP contribution in [0.1, 0.15) is 20.3 Å². The van der Waals surface area contributed by atoms with Crippen LogP contribution in [0, 0.1) is 5.41 Å². The molecule has 0 aliphatic rings. The summed E-state index contributed by atoms with van der Waals surface area (Å²) in [6.45, 7) is 4.51. The van der Waals surface area contributed by atoms with E-state index in [0.29, 0.717) is 28.8 Å². The van der Waals surface area contributed by atoms with Crippen LogP contribution >= 0.6 is 11.6 Å². The molecule has 1 aromatic rings. The normalized spacial score (nSPS) is 11.2. The molecule has 1 rings (SSSR count). The molecular weight excluding hydrogens is 358 g/mol. The van der Waals surface area contributed by atoms with Crippen molar-refractivity contribution >= 4 is 29.1 Å². The first-order chi connectivity index (χ1) is 12.1. The van der Waals surface area contributed by atoms with E-state index in [1.54, 1.807) is 26.0 Å². The summed E-state index contributed by atoms with van der Waals surface area (Å²) >= 11 is 6.07. The van der Waals surface area contributed by atoms with Gasteiger partial charge in [-0.3, -0.25) is 9.59 Å². The first-order valence-corrected chi connectivity index (χ1v) is 8.67. The molecule has 0 aliphatic carbocycles. The molecule has 0 spiro atoms. The second kappa shape index (κ2) is 9.64. The number of nitrogens with one attached hydrogen (secondary N) is 2. The lowest BCUT2D eigenvalue weighted by Crippen LogP contribution is -2.45. The average Bonchev–Trinajstić information content (AvgIpc) is 2.59. The lowest BCUT2D eigenvalue weighted by Gasteiger charge is -2.24. The van der Waals surface area contributed by atoms with E-state index in [4.69, 9.17) is 21.1 Å². The molecule has 0 bridgehead atoms. The Bertz CT molecular complexity index is 648. The van der Waals surface area contributed by atoms with Gasteiger partial charge >= 0.3 is 0 Å². The van der Waals surface area contributed by atoms with Crippen LogP contribution in [-0.4, -0.2) is 58.1 Å². The minimum Gasteiger partial charge on any atom is -0.495 e. The van der Waals surface area contributed by atoms with Gasteiger partial charge in [0.25, 0.3) is 0 Å². The molecule has 7 nitrogen and oxygen atoms in total. The zero-order chi connectivity index (χ0) is 19.9. The molecule has 2 N–H and O–H groups in total. The highest BCUT2D eigenvalue weighted by atomic mass is 35.5. The van der Waals surface area contributed by atoms with E-state index in [0.717, 1.165) is 13.0 Å². The Kier molecular flexibility index (Phi) is 8.17. The van der Waals surface area contributed by atoms with Crippen LogP contribution in [-0.2, 0) is 9.59 Å². The van der Waals surface area contributed by atoms with Crippen LogP contribution in [0.15, 0.2) is 12.1 Å². The first-order valence-electron chi connectivity index (χ1n) is 8.29. The monoisotopic (exact) mass is 385 g/mol. The summed E-state index contributed by atoms with van der Waals surface area (Å²) in [5, 5.41) is 5.88. The van der Waals surface area contributed by atoms with E-state index in [2.05, 4.69) is 10.6 Å². The Morgan fingerprint density at radius 1 is 1.12 bits per heavy atom. The maximum atomic E-state index is 12.7. The van der Waals surface area contributed by atoms with E-state index < -0.39 is 11.3 Å². The van der Waals surface area contributed by atoms with Crippen LogP contribution in [0.4, 0.5) is 5.69 Å². The number of benzene rings is 1. The SMILES string of the molecule is COc1cc(NC(=O)C(C)(C)C(=O)NCCCN(C)C)c(OC)cc1Cl. The molecule has 26 heavy (non-hydrogen) atoms. The molecule has 0 saturated heterocycles. The molecular formula is C18H28ClN3O4. The van der Waals surface area contributed by atoms with Gasteiger partial charge in [-0.05, 0) is 40.9 Å². The number of hydrogen-bond donors (Lipinski definition) is 2. The summed E-state index contributed by atoms with van der Waals surface area (Å²) in [4.78, 5) is 27.1. The fourth-order valence-corrected chi connectivity index (χ4v) is 2.39. The topological polar surface area (TPSA) is 79.9 Å². The van der Waals surface area contributed by atoms with Crippen LogP contribution in [0.2, 0.25) is 5.02 Å². The molecule has 0 heterocycles. The van der Waals surface area contributed by atoms with Gasteiger partial charge < -0.3 is 25.0 Å². The van der Waals surface area contributed by atoms with Gasteiger partial charge in [-0.15, -0.1) is 0 Å². The summed E-state index contributed by atoms with van der Waals surface area (Å²) < 4.78 is 10.4. The molecule has 146 valence electrons. The third-order valence-electron chi connectivity index (χ3n) is 3.93. The summed E-state index contributed by atoms with van der Waals surface area (Å²) in [6, 6.07) is 3.11. The number of ether oxygens (including phenoxy) is 2. The van der Waals surface area contributed by atoms with Crippen molar-refractivity contribution in [2.24, 2.45) is 5.41 Å². The van der Waals surface area contributed by atoms with Crippen molar-refractivity contribution in [2.75, 3.05) is 46.7 Å². The van der Waals surface area contributed by atoms with Gasteiger partial charge in [-0.1, -0.05) is 11.6 Å². The molecule has 2 amide bonds. The quantitative estimate of drug-likeness (QED) is 0.504. The Hall–Kier alpha value is -1.99. The molecule has 0 atom stereocenters. The second-order valence-electron chi connectivity index (χ2n) is 6.68. The third kappa shape index (κ3) is 5.78. The minimum absolute atomic E-state index is 0.339. The number of carbonyl (C=O) groups excluding carboxylic acids is 2. The van der Waals surface area contributed by atoms with E-state index in [1.165, 1.54) is 14.2 Å². The molecule has 0 fully saturated rings. The predicted octanol–water partition coefficient (Wildman–Crippen LogP) is 2.39. The van der Waals surface area contributed by atoms with Crippen molar-refractivity contribution in [3.63, 3.8) is 0 Å². The number of rotatable bonds is 9. The second-order valence-corrected chi connectivity index (χ2v) is 7.09. The van der Waals surface area contributed by atoms with Gasteiger partial charge in [-0.25, -0.2) is 0 Å². The number of methoxy groups -OCH3 is 2. The summed E-state index contributed by atoms with van der Waals surface area (Å²) in [6.07, 6.45) is 0.804.